The molecule has 0 unspecified atom stereocenters. The molecule has 0 radical (unpaired) electrons. The van der Waals surface area contributed by atoms with Crippen LogP contribution in [0.4, 0.5) is 0 Å². The van der Waals surface area contributed by atoms with Gasteiger partial charge in [0, 0.05) is 0 Å². The largest absolute Gasteiger partial charge is 0.317 e. The molecule has 1 fully saturated rings. The molecule has 1 nitrogen and oxygen atoms in total. The highest BCUT2D eigenvalue weighted by Gasteiger charge is 2.08. The summed E-state index contributed by atoms with van der Waals surface area (Å²) >= 11 is 0. The quantitative estimate of drug-likeness (QED) is 0.659. The minimum atomic E-state index is 0. The summed E-state index contributed by atoms with van der Waals surface area (Å²) in [6, 6.07) is 0. The van der Waals surface area contributed by atoms with Gasteiger partial charge in [-0.2, -0.15) is 0 Å². The van der Waals surface area contributed by atoms with Crippen molar-refractivity contribution in [1.29, 1.82) is 0 Å². The van der Waals surface area contributed by atoms with Gasteiger partial charge in [-0.1, -0.05) is 26.0 Å². The van der Waals surface area contributed by atoms with Gasteiger partial charge < -0.3 is 5.32 Å². The van der Waals surface area contributed by atoms with Crippen molar-refractivity contribution >= 4 is 12.4 Å². The van der Waals surface area contributed by atoms with Gasteiger partial charge in [-0.25, -0.2) is 0 Å². The molecule has 0 aromatic rings. The van der Waals surface area contributed by atoms with Crippen LogP contribution in [0, 0.1) is 11.8 Å². The Hall–Kier alpha value is -0.0100. The lowest BCUT2D eigenvalue weighted by Gasteiger charge is -2.19. The van der Waals surface area contributed by atoms with Gasteiger partial charge in [-0.15, -0.1) is 12.4 Å². The monoisotopic (exact) mass is 189 g/mol. The molecule has 0 spiro atoms. The predicted molar refractivity (Wildman–Crippen MR) is 56.8 cm³/mol. The number of hydrogen-bond acceptors (Lipinski definition) is 1. The molecule has 1 aliphatic rings. The van der Waals surface area contributed by atoms with Crippen molar-refractivity contribution in [1.82, 2.24) is 5.32 Å². The first-order valence-electron chi connectivity index (χ1n) is 4.68. The van der Waals surface area contributed by atoms with Crippen LogP contribution in [0.25, 0.3) is 0 Å². The molecule has 0 saturated carbocycles. The predicted octanol–water partition coefficient (Wildman–Crippen LogP) is 2.62. The maximum Gasteiger partial charge on any atom is -0.00433 e. The molecule has 1 saturated heterocycles. The first-order valence-corrected chi connectivity index (χ1v) is 4.68. The molecule has 1 aliphatic heterocycles. The van der Waals surface area contributed by atoms with E-state index in [-0.39, 0.29) is 12.4 Å². The second-order valence-electron chi connectivity index (χ2n) is 3.72. The van der Waals surface area contributed by atoms with Crippen LogP contribution in [-0.2, 0) is 0 Å². The van der Waals surface area contributed by atoms with E-state index in [9.17, 15) is 0 Å². The Labute approximate surface area is 82.0 Å². The Morgan fingerprint density at radius 1 is 1.25 bits per heavy atom. The topological polar surface area (TPSA) is 12.0 Å². The zero-order valence-corrected chi connectivity index (χ0v) is 8.86. The van der Waals surface area contributed by atoms with Crippen molar-refractivity contribution in [2.75, 3.05) is 13.1 Å². The third kappa shape index (κ3) is 4.78. The van der Waals surface area contributed by atoms with E-state index in [0.29, 0.717) is 5.92 Å². The Morgan fingerprint density at radius 3 is 2.33 bits per heavy atom. The summed E-state index contributed by atoms with van der Waals surface area (Å²) in [4.78, 5) is 0. The van der Waals surface area contributed by atoms with E-state index in [0.717, 1.165) is 5.92 Å². The zero-order chi connectivity index (χ0) is 8.10. The van der Waals surface area contributed by atoms with Gasteiger partial charge in [0.1, 0.15) is 0 Å². The second kappa shape index (κ2) is 6.50. The number of hydrogen-bond donors (Lipinski definition) is 1. The fraction of sp³-hybridized carbons (Fsp3) is 0.800. The van der Waals surface area contributed by atoms with Crippen LogP contribution in [0.15, 0.2) is 12.2 Å². The molecule has 1 rings (SSSR count). The van der Waals surface area contributed by atoms with Crippen molar-refractivity contribution in [3.8, 4) is 0 Å². The highest BCUT2D eigenvalue weighted by Crippen LogP contribution is 2.13. The number of halogens is 1. The summed E-state index contributed by atoms with van der Waals surface area (Å²) in [5.74, 6) is 1.56. The average molecular weight is 190 g/mol. The lowest BCUT2D eigenvalue weighted by atomic mass is 9.96. The normalized spacial score (nSPS) is 19.9. The molecule has 0 atom stereocenters. The average Bonchev–Trinajstić information content (AvgIpc) is 2.03. The van der Waals surface area contributed by atoms with Crippen LogP contribution in [-0.4, -0.2) is 13.1 Å². The van der Waals surface area contributed by atoms with Gasteiger partial charge in [-0.3, -0.25) is 0 Å². The Balaban J connectivity index is 0.00000121. The summed E-state index contributed by atoms with van der Waals surface area (Å²) < 4.78 is 0. The summed E-state index contributed by atoms with van der Waals surface area (Å²) in [6.45, 7) is 6.87. The molecule has 2 heteroatoms. The number of piperidine rings is 1. The molecule has 0 aromatic heterocycles. The van der Waals surface area contributed by atoms with Gasteiger partial charge in [-0.05, 0) is 37.8 Å². The molecule has 0 amide bonds. The molecular formula is C10H20ClN. The molecule has 72 valence electrons. The molecular weight excluding hydrogens is 170 g/mol. The van der Waals surface area contributed by atoms with Crippen LogP contribution < -0.4 is 5.32 Å². The van der Waals surface area contributed by atoms with Crippen molar-refractivity contribution in [2.24, 2.45) is 11.8 Å². The number of allylic oxidation sites excluding steroid dienone is 2. The lowest BCUT2D eigenvalue weighted by molar-refractivity contribution is 0.435. The van der Waals surface area contributed by atoms with Crippen LogP contribution in [0.1, 0.15) is 26.7 Å². The third-order valence-corrected chi connectivity index (χ3v) is 2.15. The molecule has 0 aliphatic carbocycles. The Bertz CT molecular complexity index is 126. The molecule has 0 bridgehead atoms. The highest BCUT2D eigenvalue weighted by atomic mass is 35.5. The summed E-state index contributed by atoms with van der Waals surface area (Å²) in [6.07, 6.45) is 7.37. The van der Waals surface area contributed by atoms with E-state index in [1.807, 2.05) is 0 Å². The van der Waals surface area contributed by atoms with Gasteiger partial charge in [0.2, 0.25) is 0 Å². The molecule has 1 heterocycles. The van der Waals surface area contributed by atoms with E-state index >= 15 is 0 Å². The van der Waals surface area contributed by atoms with Gasteiger partial charge in [0.05, 0.1) is 0 Å². The number of nitrogens with one attached hydrogen (secondary N) is 1. The number of rotatable bonds is 2. The van der Waals surface area contributed by atoms with Crippen LogP contribution >= 0.6 is 12.4 Å². The van der Waals surface area contributed by atoms with E-state index in [4.69, 9.17) is 0 Å². The fourth-order valence-electron chi connectivity index (χ4n) is 1.42. The van der Waals surface area contributed by atoms with Crippen LogP contribution in [0.3, 0.4) is 0 Å². The zero-order valence-electron chi connectivity index (χ0n) is 8.05. The van der Waals surface area contributed by atoms with Crippen LogP contribution in [0.5, 0.6) is 0 Å². The van der Waals surface area contributed by atoms with E-state index < -0.39 is 0 Å². The third-order valence-electron chi connectivity index (χ3n) is 2.15. The Morgan fingerprint density at radius 2 is 1.83 bits per heavy atom. The minimum absolute atomic E-state index is 0. The first kappa shape index (κ1) is 12.0. The first-order chi connectivity index (χ1) is 5.29. The van der Waals surface area contributed by atoms with Crippen LogP contribution in [0.2, 0.25) is 0 Å². The van der Waals surface area contributed by atoms with Crippen molar-refractivity contribution < 1.29 is 0 Å². The van der Waals surface area contributed by atoms with E-state index in [1.54, 1.807) is 0 Å². The lowest BCUT2D eigenvalue weighted by Crippen LogP contribution is -2.26. The van der Waals surface area contributed by atoms with Crippen molar-refractivity contribution in [2.45, 2.75) is 26.7 Å². The summed E-state index contributed by atoms with van der Waals surface area (Å²) in [5.41, 5.74) is 0. The Kier molecular flexibility index (Phi) is 6.49. The fourth-order valence-corrected chi connectivity index (χ4v) is 1.42. The molecule has 0 aromatic carbocycles. The van der Waals surface area contributed by atoms with Gasteiger partial charge in [0.25, 0.3) is 0 Å². The van der Waals surface area contributed by atoms with Gasteiger partial charge in [0.15, 0.2) is 0 Å². The molecule has 12 heavy (non-hydrogen) atoms. The maximum atomic E-state index is 3.37. The minimum Gasteiger partial charge on any atom is -0.317 e. The highest BCUT2D eigenvalue weighted by molar-refractivity contribution is 5.85. The SMILES string of the molecule is CC(C)/C=C/C1CCNCC1.Cl. The van der Waals surface area contributed by atoms with Crippen molar-refractivity contribution in [3.63, 3.8) is 0 Å². The second-order valence-corrected chi connectivity index (χ2v) is 3.72. The van der Waals surface area contributed by atoms with E-state index in [2.05, 4.69) is 31.3 Å². The van der Waals surface area contributed by atoms with Gasteiger partial charge >= 0.3 is 0 Å². The van der Waals surface area contributed by atoms with Crippen molar-refractivity contribution in [3.05, 3.63) is 12.2 Å². The maximum absolute atomic E-state index is 3.37. The molecule has 1 N–H and O–H groups in total. The standard InChI is InChI=1S/C10H19N.ClH/c1-9(2)3-4-10-5-7-11-8-6-10;/h3-4,9-11H,5-8H2,1-2H3;1H/b4-3+;. The smallest absolute Gasteiger partial charge is 0.00433 e. The summed E-state index contributed by atoms with van der Waals surface area (Å²) in [5, 5.41) is 3.37. The van der Waals surface area contributed by atoms with E-state index in [1.165, 1.54) is 25.9 Å². The summed E-state index contributed by atoms with van der Waals surface area (Å²) in [7, 11) is 0.